The predicted octanol–water partition coefficient (Wildman–Crippen LogP) is 5.92. The average Bonchev–Trinajstić information content (AvgIpc) is 2.82. The number of rotatable bonds is 26. The Labute approximate surface area is 227 Å². The highest BCUT2D eigenvalue weighted by atomic mass is 31.2. The SMILES string of the molecule is CCCCCCCCCCCCCCCCCC=CC(=O)O[C@H](CO)COP(=O)([O-])OCC[N+](C)(C)C. The van der Waals surface area contributed by atoms with Gasteiger partial charge in [0.25, 0.3) is 7.82 Å². The number of carbonyl (C=O) groups excluding carboxylic acids is 1. The van der Waals surface area contributed by atoms with Crippen molar-refractivity contribution in [3.05, 3.63) is 12.2 Å². The fraction of sp³-hybridized carbons (Fsp3) is 0.893. The summed E-state index contributed by atoms with van der Waals surface area (Å²) in [6, 6.07) is 0. The molecule has 37 heavy (non-hydrogen) atoms. The number of esters is 1. The van der Waals surface area contributed by atoms with Crippen molar-refractivity contribution in [1.82, 2.24) is 0 Å². The summed E-state index contributed by atoms with van der Waals surface area (Å²) in [4.78, 5) is 23.7. The van der Waals surface area contributed by atoms with Crippen LogP contribution in [0.25, 0.3) is 0 Å². The van der Waals surface area contributed by atoms with Gasteiger partial charge in [-0.05, 0) is 12.8 Å². The first-order valence-electron chi connectivity index (χ1n) is 14.5. The van der Waals surface area contributed by atoms with Crippen LogP contribution in [0.4, 0.5) is 0 Å². The molecular weight excluding hydrogens is 493 g/mol. The number of aliphatic hydroxyl groups excluding tert-OH is 1. The fourth-order valence-electron chi connectivity index (χ4n) is 3.78. The number of unbranched alkanes of at least 4 members (excludes halogenated alkanes) is 15. The number of hydrogen-bond acceptors (Lipinski definition) is 7. The zero-order valence-electron chi connectivity index (χ0n) is 24.2. The van der Waals surface area contributed by atoms with Crippen LogP contribution in [0.2, 0.25) is 0 Å². The Kier molecular flexibility index (Phi) is 22.7. The van der Waals surface area contributed by atoms with E-state index in [9.17, 15) is 19.4 Å². The van der Waals surface area contributed by atoms with Crippen LogP contribution < -0.4 is 4.89 Å². The van der Waals surface area contributed by atoms with Gasteiger partial charge in [0, 0.05) is 6.08 Å². The summed E-state index contributed by atoms with van der Waals surface area (Å²) in [6.07, 6.45) is 22.5. The third kappa shape index (κ3) is 26.6. The lowest BCUT2D eigenvalue weighted by molar-refractivity contribution is -0.870. The zero-order valence-corrected chi connectivity index (χ0v) is 25.1. The molecule has 0 saturated carbocycles. The Bertz CT molecular complexity index is 622. The highest BCUT2D eigenvalue weighted by molar-refractivity contribution is 7.45. The lowest BCUT2D eigenvalue weighted by Crippen LogP contribution is -2.37. The highest BCUT2D eigenvalue weighted by Gasteiger charge is 2.18. The van der Waals surface area contributed by atoms with Crippen LogP contribution in [-0.2, 0) is 23.1 Å². The van der Waals surface area contributed by atoms with Gasteiger partial charge >= 0.3 is 5.97 Å². The van der Waals surface area contributed by atoms with Crippen LogP contribution in [0.3, 0.4) is 0 Å². The Balaban J connectivity index is 3.72. The van der Waals surface area contributed by atoms with E-state index in [4.69, 9.17) is 13.8 Å². The molecule has 0 rings (SSSR count). The molecule has 0 aromatic carbocycles. The van der Waals surface area contributed by atoms with E-state index in [0.29, 0.717) is 11.0 Å². The van der Waals surface area contributed by atoms with E-state index < -0.39 is 33.1 Å². The van der Waals surface area contributed by atoms with Gasteiger partial charge in [-0.3, -0.25) is 4.57 Å². The van der Waals surface area contributed by atoms with Gasteiger partial charge in [0.2, 0.25) is 0 Å². The standard InChI is InChI=1S/C28H56NO7P/c1-5-6-7-8-9-10-11-12-13-14-15-16-17-18-19-20-21-22-28(31)36-27(25-30)26-35-37(32,33)34-24-23-29(2,3)4/h21-22,27,30H,5-20,23-26H2,1-4H3/t27-/m1/s1. The monoisotopic (exact) mass is 549 g/mol. The number of quaternary nitrogens is 1. The molecule has 0 heterocycles. The zero-order chi connectivity index (χ0) is 27.8. The summed E-state index contributed by atoms with van der Waals surface area (Å²) in [6.45, 7) is 1.70. The summed E-state index contributed by atoms with van der Waals surface area (Å²) < 4.78 is 27.0. The number of hydrogen-bond donors (Lipinski definition) is 1. The Hall–Kier alpha value is -0.760. The molecule has 0 bridgehead atoms. The minimum Gasteiger partial charge on any atom is -0.756 e. The minimum absolute atomic E-state index is 0.0180. The normalized spacial score (nSPS) is 14.6. The minimum atomic E-state index is -4.53. The Morgan fingerprint density at radius 3 is 1.81 bits per heavy atom. The van der Waals surface area contributed by atoms with Crippen molar-refractivity contribution in [3.8, 4) is 0 Å². The van der Waals surface area contributed by atoms with E-state index >= 15 is 0 Å². The molecule has 9 heteroatoms. The molecule has 0 radical (unpaired) electrons. The molecule has 8 nitrogen and oxygen atoms in total. The number of nitrogens with zero attached hydrogens (tertiary/aromatic N) is 1. The third-order valence-electron chi connectivity index (χ3n) is 6.14. The Morgan fingerprint density at radius 1 is 0.865 bits per heavy atom. The summed E-state index contributed by atoms with van der Waals surface area (Å²) in [5.41, 5.74) is 0. The molecule has 0 spiro atoms. The van der Waals surface area contributed by atoms with Gasteiger partial charge in [0.1, 0.15) is 19.3 Å². The van der Waals surface area contributed by atoms with Crippen molar-refractivity contribution in [1.29, 1.82) is 0 Å². The molecule has 0 amide bonds. The van der Waals surface area contributed by atoms with Crippen LogP contribution >= 0.6 is 7.82 Å². The first kappa shape index (κ1) is 36.2. The molecular formula is C28H56NO7P. The van der Waals surface area contributed by atoms with E-state index in [0.717, 1.165) is 19.3 Å². The van der Waals surface area contributed by atoms with Crippen LogP contribution in [0, 0.1) is 0 Å². The van der Waals surface area contributed by atoms with Gasteiger partial charge in [-0.15, -0.1) is 0 Å². The molecule has 1 unspecified atom stereocenters. The largest absolute Gasteiger partial charge is 0.756 e. The molecule has 0 aromatic heterocycles. The second-order valence-electron chi connectivity index (χ2n) is 11.0. The van der Waals surface area contributed by atoms with E-state index in [1.54, 1.807) is 6.08 Å². The van der Waals surface area contributed by atoms with Gasteiger partial charge in [-0.2, -0.15) is 0 Å². The fourth-order valence-corrected chi connectivity index (χ4v) is 4.51. The lowest BCUT2D eigenvalue weighted by Gasteiger charge is -2.28. The van der Waals surface area contributed by atoms with Gasteiger partial charge in [-0.1, -0.05) is 103 Å². The first-order chi connectivity index (χ1) is 17.6. The molecule has 0 saturated heterocycles. The van der Waals surface area contributed by atoms with E-state index in [2.05, 4.69) is 6.92 Å². The predicted molar refractivity (Wildman–Crippen MR) is 148 cm³/mol. The number of allylic oxidation sites excluding steroid dienone is 1. The quantitative estimate of drug-likeness (QED) is 0.0470. The number of ether oxygens (including phenoxy) is 1. The van der Waals surface area contributed by atoms with Crippen molar-refractivity contribution < 1.29 is 37.6 Å². The highest BCUT2D eigenvalue weighted by Crippen LogP contribution is 2.38. The molecule has 220 valence electrons. The maximum Gasteiger partial charge on any atom is 0.330 e. The number of phosphoric acid groups is 1. The Morgan fingerprint density at radius 2 is 1.35 bits per heavy atom. The summed E-state index contributed by atoms with van der Waals surface area (Å²) in [5.74, 6) is -0.629. The van der Waals surface area contributed by atoms with Crippen molar-refractivity contribution in [2.45, 2.75) is 116 Å². The first-order valence-corrected chi connectivity index (χ1v) is 15.9. The van der Waals surface area contributed by atoms with Crippen LogP contribution in [-0.4, -0.2) is 69.2 Å². The maximum atomic E-state index is 11.9. The second-order valence-corrected chi connectivity index (χ2v) is 12.4. The molecule has 0 aliphatic carbocycles. The lowest BCUT2D eigenvalue weighted by atomic mass is 10.0. The number of likely N-dealkylation sites (N-methyl/N-ethyl adjacent to an activating group) is 1. The number of phosphoric ester groups is 1. The van der Waals surface area contributed by atoms with Gasteiger partial charge in [0.05, 0.1) is 34.4 Å². The van der Waals surface area contributed by atoms with Gasteiger partial charge in [-0.25, -0.2) is 4.79 Å². The summed E-state index contributed by atoms with van der Waals surface area (Å²) >= 11 is 0. The van der Waals surface area contributed by atoms with Gasteiger partial charge < -0.3 is 28.3 Å². The van der Waals surface area contributed by atoms with Gasteiger partial charge in [0.15, 0.2) is 0 Å². The average molecular weight is 550 g/mol. The van der Waals surface area contributed by atoms with Crippen LogP contribution in [0.5, 0.6) is 0 Å². The van der Waals surface area contributed by atoms with E-state index in [-0.39, 0.29) is 6.61 Å². The van der Waals surface area contributed by atoms with Crippen molar-refractivity contribution in [2.75, 3.05) is 47.5 Å². The number of aliphatic hydroxyl groups is 1. The molecule has 2 atom stereocenters. The van der Waals surface area contributed by atoms with Crippen molar-refractivity contribution in [2.24, 2.45) is 0 Å². The van der Waals surface area contributed by atoms with Crippen molar-refractivity contribution >= 4 is 13.8 Å². The second kappa shape index (κ2) is 23.2. The van der Waals surface area contributed by atoms with E-state index in [1.807, 2.05) is 21.1 Å². The number of carbonyl (C=O) groups is 1. The molecule has 1 N–H and O–H groups in total. The molecule has 0 aromatic rings. The summed E-state index contributed by atoms with van der Waals surface area (Å²) in [7, 11) is 1.21. The molecule has 0 aliphatic heterocycles. The van der Waals surface area contributed by atoms with Crippen LogP contribution in [0.15, 0.2) is 12.2 Å². The third-order valence-corrected chi connectivity index (χ3v) is 7.11. The van der Waals surface area contributed by atoms with E-state index in [1.165, 1.54) is 89.5 Å². The smallest absolute Gasteiger partial charge is 0.330 e. The van der Waals surface area contributed by atoms with Crippen LogP contribution in [0.1, 0.15) is 110 Å². The topological polar surface area (TPSA) is 105 Å². The summed E-state index contributed by atoms with van der Waals surface area (Å²) in [5, 5.41) is 9.36. The van der Waals surface area contributed by atoms with Crippen molar-refractivity contribution in [3.63, 3.8) is 0 Å². The maximum absolute atomic E-state index is 11.9. The molecule has 0 fully saturated rings. The molecule has 0 aliphatic rings.